The molecule has 1 fully saturated rings. The number of hydrogen-bond acceptors (Lipinski definition) is 4. The van der Waals surface area contributed by atoms with E-state index in [9.17, 15) is 13.6 Å². The van der Waals surface area contributed by atoms with Gasteiger partial charge in [0.05, 0.1) is 19.7 Å². The molecule has 1 aromatic carbocycles. The third kappa shape index (κ3) is 4.81. The first-order valence-corrected chi connectivity index (χ1v) is 9.21. The largest absolute Gasteiger partial charge is 0.493 e. The number of alkyl halides is 2. The van der Waals surface area contributed by atoms with E-state index < -0.39 is 6.61 Å². The van der Waals surface area contributed by atoms with Crippen molar-refractivity contribution >= 4 is 5.91 Å². The Hall–Kier alpha value is -2.61. The molecule has 2 heterocycles. The highest BCUT2D eigenvalue weighted by atomic mass is 19.3. The number of nitrogens with zero attached hydrogens (tertiary/aromatic N) is 2. The fourth-order valence-electron chi connectivity index (χ4n) is 3.63. The zero-order valence-electron chi connectivity index (χ0n) is 16.0. The maximum Gasteiger partial charge on any atom is 0.387 e. The minimum Gasteiger partial charge on any atom is -0.493 e. The van der Waals surface area contributed by atoms with Crippen molar-refractivity contribution in [2.75, 3.05) is 20.2 Å². The number of nitrogens with one attached hydrogen (secondary N) is 1. The molecule has 1 N–H and O–H groups in total. The fraction of sp³-hybridized carbons (Fsp3) is 0.450. The van der Waals surface area contributed by atoms with Gasteiger partial charge >= 0.3 is 6.61 Å². The number of hydrogen-bond donors (Lipinski definition) is 1. The van der Waals surface area contributed by atoms with E-state index in [1.807, 2.05) is 19.3 Å². The lowest BCUT2D eigenvalue weighted by molar-refractivity contribution is -0.122. The summed E-state index contributed by atoms with van der Waals surface area (Å²) in [5, 5.41) is 2.89. The summed E-state index contributed by atoms with van der Waals surface area (Å²) in [6, 6.07) is 8.98. The highest BCUT2D eigenvalue weighted by molar-refractivity contribution is 5.78. The van der Waals surface area contributed by atoms with Crippen LogP contribution in [0.1, 0.15) is 30.1 Å². The Bertz CT molecular complexity index is 810. The predicted molar refractivity (Wildman–Crippen MR) is 100 cm³/mol. The van der Waals surface area contributed by atoms with Gasteiger partial charge in [-0.15, -0.1) is 0 Å². The average molecular weight is 393 g/mol. The molecule has 28 heavy (non-hydrogen) atoms. The van der Waals surface area contributed by atoms with E-state index >= 15 is 0 Å². The predicted octanol–water partition coefficient (Wildman–Crippen LogP) is 3.09. The minimum atomic E-state index is -2.92. The Kier molecular flexibility index (Phi) is 6.51. The van der Waals surface area contributed by atoms with Gasteiger partial charge in [-0.25, -0.2) is 0 Å². The van der Waals surface area contributed by atoms with Crippen molar-refractivity contribution in [1.82, 2.24) is 14.8 Å². The third-order valence-corrected chi connectivity index (χ3v) is 4.97. The van der Waals surface area contributed by atoms with Crippen LogP contribution in [-0.4, -0.2) is 42.2 Å². The first kappa shape index (κ1) is 20.1. The molecule has 1 atom stereocenters. The van der Waals surface area contributed by atoms with Crippen molar-refractivity contribution in [2.24, 2.45) is 7.05 Å². The van der Waals surface area contributed by atoms with Gasteiger partial charge in [0, 0.05) is 25.5 Å². The van der Waals surface area contributed by atoms with E-state index in [1.165, 1.54) is 18.9 Å². The Labute approximate surface area is 163 Å². The van der Waals surface area contributed by atoms with E-state index in [2.05, 4.69) is 25.6 Å². The number of amides is 1. The molecule has 8 heteroatoms. The lowest BCUT2D eigenvalue weighted by Crippen LogP contribution is -2.37. The number of aryl methyl sites for hydroxylation is 1. The number of ether oxygens (including phenoxy) is 2. The third-order valence-electron chi connectivity index (χ3n) is 4.97. The molecule has 1 amide bonds. The first-order valence-electron chi connectivity index (χ1n) is 9.21. The number of carbonyl (C=O) groups excluding carboxylic acids is 1. The molecular formula is C20H25F2N3O3. The van der Waals surface area contributed by atoms with Crippen LogP contribution in [0, 0.1) is 0 Å². The number of rotatable bonds is 8. The van der Waals surface area contributed by atoms with E-state index in [0.29, 0.717) is 6.54 Å². The SMILES string of the molecule is COc1cc(CNC(=O)CN2CCC[C@H]2c2cccn2C)ccc1OC(F)F. The first-order chi connectivity index (χ1) is 13.5. The Balaban J connectivity index is 1.56. The molecule has 3 rings (SSSR count). The normalized spacial score (nSPS) is 17.1. The molecule has 152 valence electrons. The van der Waals surface area contributed by atoms with Gasteiger partial charge in [0.2, 0.25) is 5.91 Å². The van der Waals surface area contributed by atoms with Crippen LogP contribution >= 0.6 is 0 Å². The van der Waals surface area contributed by atoms with Crippen LogP contribution in [0.25, 0.3) is 0 Å². The van der Waals surface area contributed by atoms with Crippen molar-refractivity contribution in [1.29, 1.82) is 0 Å². The summed E-state index contributed by atoms with van der Waals surface area (Å²) < 4.78 is 36.4. The van der Waals surface area contributed by atoms with Crippen molar-refractivity contribution in [3.05, 3.63) is 47.8 Å². The minimum absolute atomic E-state index is 0.0324. The highest BCUT2D eigenvalue weighted by Gasteiger charge is 2.28. The topological polar surface area (TPSA) is 55.7 Å². The molecule has 2 aromatic rings. The standard InChI is InChI=1S/C20H25F2N3O3/c1-24-9-3-5-15(24)16-6-4-10-25(16)13-19(26)23-12-14-7-8-17(28-20(21)22)18(11-14)27-2/h3,5,7-9,11,16,20H,4,6,10,12-13H2,1-2H3,(H,23,26)/t16-/m0/s1. The molecule has 0 unspecified atom stereocenters. The van der Waals surface area contributed by atoms with Gasteiger partial charge in [0.15, 0.2) is 11.5 Å². The monoisotopic (exact) mass is 393 g/mol. The molecule has 6 nitrogen and oxygen atoms in total. The van der Waals surface area contributed by atoms with Crippen LogP contribution in [-0.2, 0) is 18.4 Å². The second-order valence-electron chi connectivity index (χ2n) is 6.81. The molecule has 1 aliphatic rings. The van der Waals surface area contributed by atoms with Crippen LogP contribution in [0.3, 0.4) is 0 Å². The zero-order valence-corrected chi connectivity index (χ0v) is 16.0. The Morgan fingerprint density at radius 1 is 1.32 bits per heavy atom. The van der Waals surface area contributed by atoms with Crippen molar-refractivity contribution in [2.45, 2.75) is 32.0 Å². The van der Waals surface area contributed by atoms with Gasteiger partial charge in [0.25, 0.3) is 0 Å². The number of carbonyl (C=O) groups is 1. The molecule has 1 aliphatic heterocycles. The maximum atomic E-state index is 12.4. The summed E-state index contributed by atoms with van der Waals surface area (Å²) in [4.78, 5) is 14.6. The highest BCUT2D eigenvalue weighted by Crippen LogP contribution is 2.31. The summed E-state index contributed by atoms with van der Waals surface area (Å²) in [6.07, 6.45) is 4.11. The molecule has 0 saturated carbocycles. The Morgan fingerprint density at radius 3 is 2.82 bits per heavy atom. The van der Waals surface area contributed by atoms with E-state index in [-0.39, 0.29) is 30.0 Å². The molecule has 1 saturated heterocycles. The van der Waals surface area contributed by atoms with Gasteiger partial charge in [0.1, 0.15) is 0 Å². The van der Waals surface area contributed by atoms with Gasteiger partial charge < -0.3 is 19.4 Å². The van der Waals surface area contributed by atoms with Crippen molar-refractivity contribution < 1.29 is 23.0 Å². The molecule has 0 aliphatic carbocycles. The van der Waals surface area contributed by atoms with Gasteiger partial charge in [-0.1, -0.05) is 6.07 Å². The number of halogens is 2. The van der Waals surface area contributed by atoms with Crippen LogP contribution in [0.5, 0.6) is 11.5 Å². The van der Waals surface area contributed by atoms with Crippen LogP contribution in [0.15, 0.2) is 36.5 Å². The lowest BCUT2D eigenvalue weighted by atomic mass is 10.1. The molecule has 0 spiro atoms. The quantitative estimate of drug-likeness (QED) is 0.749. The summed E-state index contributed by atoms with van der Waals surface area (Å²) in [5.74, 6) is 0.0957. The fourth-order valence-corrected chi connectivity index (χ4v) is 3.63. The van der Waals surface area contributed by atoms with Crippen LogP contribution in [0.4, 0.5) is 8.78 Å². The number of likely N-dealkylation sites (tertiary alicyclic amines) is 1. The summed E-state index contributed by atoms with van der Waals surface area (Å²) >= 11 is 0. The van der Waals surface area contributed by atoms with Crippen LogP contribution < -0.4 is 14.8 Å². The van der Waals surface area contributed by atoms with Crippen molar-refractivity contribution in [3.63, 3.8) is 0 Å². The number of benzene rings is 1. The average Bonchev–Trinajstić information content (AvgIpc) is 3.28. The van der Waals surface area contributed by atoms with Gasteiger partial charge in [-0.05, 0) is 49.2 Å². The molecule has 0 bridgehead atoms. The van der Waals surface area contributed by atoms with E-state index in [1.54, 1.807) is 12.1 Å². The summed E-state index contributed by atoms with van der Waals surface area (Å²) in [6.45, 7) is -1.43. The smallest absolute Gasteiger partial charge is 0.387 e. The van der Waals surface area contributed by atoms with Crippen molar-refractivity contribution in [3.8, 4) is 11.5 Å². The van der Waals surface area contributed by atoms with E-state index in [4.69, 9.17) is 4.74 Å². The summed E-state index contributed by atoms with van der Waals surface area (Å²) in [7, 11) is 3.40. The maximum absolute atomic E-state index is 12.4. The summed E-state index contributed by atoms with van der Waals surface area (Å²) in [5.41, 5.74) is 1.96. The van der Waals surface area contributed by atoms with Crippen LogP contribution in [0.2, 0.25) is 0 Å². The molecule has 1 aromatic heterocycles. The lowest BCUT2D eigenvalue weighted by Gasteiger charge is -2.24. The van der Waals surface area contributed by atoms with Gasteiger partial charge in [-0.2, -0.15) is 8.78 Å². The van der Waals surface area contributed by atoms with Gasteiger partial charge in [-0.3, -0.25) is 9.69 Å². The van der Waals surface area contributed by atoms with E-state index in [0.717, 1.165) is 24.9 Å². The Morgan fingerprint density at radius 2 is 2.14 bits per heavy atom. The molecule has 0 radical (unpaired) electrons. The zero-order chi connectivity index (χ0) is 20.1. The number of aromatic nitrogens is 1. The second kappa shape index (κ2) is 9.05. The molecular weight excluding hydrogens is 368 g/mol. The number of methoxy groups -OCH3 is 1. The second-order valence-corrected chi connectivity index (χ2v) is 6.81.